The van der Waals surface area contributed by atoms with Gasteiger partial charge in [-0.3, -0.25) is 0 Å². The minimum atomic E-state index is 0.963. The Kier molecular flexibility index (Phi) is 3.20. The molecule has 0 spiro atoms. The summed E-state index contributed by atoms with van der Waals surface area (Å²) < 4.78 is 1.15. The van der Waals surface area contributed by atoms with E-state index in [-0.39, 0.29) is 0 Å². The lowest BCUT2D eigenvalue weighted by Gasteiger charge is -2.11. The molecule has 0 bridgehead atoms. The highest BCUT2D eigenvalue weighted by Crippen LogP contribution is 2.18. The summed E-state index contributed by atoms with van der Waals surface area (Å²) in [5.41, 5.74) is 4.55. The number of halogens is 1. The van der Waals surface area contributed by atoms with Gasteiger partial charge in [0.2, 0.25) is 0 Å². The van der Waals surface area contributed by atoms with Crippen molar-refractivity contribution in [3.8, 4) is 0 Å². The first kappa shape index (κ1) is 10.4. The molecule has 0 saturated heterocycles. The fourth-order valence-corrected chi connectivity index (χ4v) is 1.60. The lowest BCUT2D eigenvalue weighted by Crippen LogP contribution is -2.08. The molecule has 0 aromatic heterocycles. The van der Waals surface area contributed by atoms with Crippen LogP contribution in [0.1, 0.15) is 12.5 Å². The van der Waals surface area contributed by atoms with Crippen LogP contribution in [0.25, 0.3) is 0 Å². The monoisotopic (exact) mass is 237 g/mol. The van der Waals surface area contributed by atoms with Gasteiger partial charge in [-0.05, 0) is 31.5 Å². The predicted octanol–water partition coefficient (Wildman–Crippen LogP) is 1.96. The summed E-state index contributed by atoms with van der Waals surface area (Å²) in [5.74, 6) is 0. The number of anilines is 1. The molecule has 1 aromatic rings. The molecule has 3 heteroatoms. The highest BCUT2D eigenvalue weighted by atomic mass is 79.9. The molecule has 0 aliphatic rings. The third-order valence-electron chi connectivity index (χ3n) is 1.85. The molecule has 1 nitrogen and oxygen atoms in total. The molecule has 68 valence electrons. The first-order chi connectivity index (χ1) is 6.00. The normalized spacial score (nSPS) is 9.77. The van der Waals surface area contributed by atoms with Gasteiger partial charge in [0.1, 0.15) is 7.85 Å². The second-order valence-electron chi connectivity index (χ2n) is 3.32. The molecule has 1 rings (SSSR count). The molecule has 0 fully saturated rings. The maximum atomic E-state index is 3.82. The molecule has 0 heterocycles. The highest BCUT2D eigenvalue weighted by Gasteiger charge is 2.01. The van der Waals surface area contributed by atoms with Crippen molar-refractivity contribution in [3.63, 3.8) is 0 Å². The third-order valence-corrected chi connectivity index (χ3v) is 2.71. The van der Waals surface area contributed by atoms with Crippen LogP contribution in [0.15, 0.2) is 28.9 Å². The van der Waals surface area contributed by atoms with Crippen molar-refractivity contribution in [3.05, 3.63) is 34.4 Å². The minimum absolute atomic E-state index is 0.963. The van der Waals surface area contributed by atoms with Crippen LogP contribution in [0, 0.1) is 6.92 Å². The summed E-state index contributed by atoms with van der Waals surface area (Å²) in [6.45, 7) is 7.85. The van der Waals surface area contributed by atoms with E-state index < -0.39 is 0 Å². The van der Waals surface area contributed by atoms with Crippen LogP contribution in [0.2, 0.25) is 0 Å². The summed E-state index contributed by atoms with van der Waals surface area (Å²) >= 11 is 3.50. The SMILES string of the molecule is Bc1cc(NC(=C)C)c(C)cc1Br. The number of allylic oxidation sites excluding steroid dienone is 1. The van der Waals surface area contributed by atoms with Crippen molar-refractivity contribution in [1.29, 1.82) is 0 Å². The van der Waals surface area contributed by atoms with Gasteiger partial charge in [0, 0.05) is 15.9 Å². The maximum Gasteiger partial charge on any atom is 0.140 e. The first-order valence-corrected chi connectivity index (χ1v) is 4.99. The van der Waals surface area contributed by atoms with Crippen molar-refractivity contribution in [2.45, 2.75) is 13.8 Å². The average molecular weight is 238 g/mol. The van der Waals surface area contributed by atoms with Crippen LogP contribution in [0.3, 0.4) is 0 Å². The van der Waals surface area contributed by atoms with E-state index in [9.17, 15) is 0 Å². The fraction of sp³-hybridized carbons (Fsp3) is 0.200. The maximum absolute atomic E-state index is 3.82. The van der Waals surface area contributed by atoms with Gasteiger partial charge < -0.3 is 5.32 Å². The Balaban J connectivity index is 3.08. The van der Waals surface area contributed by atoms with Gasteiger partial charge in [-0.1, -0.05) is 28.0 Å². The largest absolute Gasteiger partial charge is 0.360 e. The number of hydrogen-bond donors (Lipinski definition) is 1. The Hall–Kier alpha value is -0.695. The zero-order valence-electron chi connectivity index (χ0n) is 8.24. The van der Waals surface area contributed by atoms with Gasteiger partial charge in [-0.2, -0.15) is 0 Å². The lowest BCUT2D eigenvalue weighted by atomic mass is 9.94. The van der Waals surface area contributed by atoms with Gasteiger partial charge in [-0.15, -0.1) is 0 Å². The van der Waals surface area contributed by atoms with Gasteiger partial charge >= 0.3 is 0 Å². The van der Waals surface area contributed by atoms with E-state index in [0.717, 1.165) is 15.9 Å². The molecule has 0 aliphatic carbocycles. The number of hydrogen-bond acceptors (Lipinski definition) is 1. The molecule has 1 N–H and O–H groups in total. The zero-order valence-corrected chi connectivity index (χ0v) is 9.83. The van der Waals surface area contributed by atoms with Crippen LogP contribution in [0.5, 0.6) is 0 Å². The van der Waals surface area contributed by atoms with E-state index in [1.165, 1.54) is 11.0 Å². The van der Waals surface area contributed by atoms with E-state index in [2.05, 4.69) is 54.7 Å². The van der Waals surface area contributed by atoms with E-state index >= 15 is 0 Å². The van der Waals surface area contributed by atoms with Gasteiger partial charge in [-0.25, -0.2) is 0 Å². The van der Waals surface area contributed by atoms with E-state index in [1.807, 2.05) is 6.92 Å². The number of nitrogens with one attached hydrogen (secondary N) is 1. The van der Waals surface area contributed by atoms with Crippen molar-refractivity contribution in [2.75, 3.05) is 5.32 Å². The minimum Gasteiger partial charge on any atom is -0.360 e. The zero-order chi connectivity index (χ0) is 10.0. The second-order valence-corrected chi connectivity index (χ2v) is 4.18. The Morgan fingerprint density at radius 1 is 1.54 bits per heavy atom. The van der Waals surface area contributed by atoms with Crippen molar-refractivity contribution < 1.29 is 0 Å². The fourth-order valence-electron chi connectivity index (χ4n) is 1.15. The lowest BCUT2D eigenvalue weighted by molar-refractivity contribution is 1.35. The van der Waals surface area contributed by atoms with E-state index in [4.69, 9.17) is 0 Å². The molecule has 0 saturated carbocycles. The number of aryl methyl sites for hydroxylation is 1. The topological polar surface area (TPSA) is 12.0 Å². The van der Waals surface area contributed by atoms with Gasteiger partial charge in [0.25, 0.3) is 0 Å². The van der Waals surface area contributed by atoms with Crippen LogP contribution in [0.4, 0.5) is 5.69 Å². The Bertz CT molecular complexity index is 347. The highest BCUT2D eigenvalue weighted by molar-refractivity contribution is 9.10. The molecule has 0 unspecified atom stereocenters. The summed E-state index contributed by atoms with van der Waals surface area (Å²) in [7, 11) is 2.08. The number of benzene rings is 1. The smallest absolute Gasteiger partial charge is 0.140 e. The summed E-state index contributed by atoms with van der Waals surface area (Å²) in [4.78, 5) is 0. The molecule has 0 amide bonds. The first-order valence-electron chi connectivity index (χ1n) is 4.20. The van der Waals surface area contributed by atoms with Crippen LogP contribution >= 0.6 is 15.9 Å². The van der Waals surface area contributed by atoms with Gasteiger partial charge in [0.05, 0.1) is 0 Å². The predicted molar refractivity (Wildman–Crippen MR) is 65.5 cm³/mol. The van der Waals surface area contributed by atoms with Crippen molar-refractivity contribution in [2.24, 2.45) is 0 Å². The third kappa shape index (κ3) is 2.63. The average Bonchev–Trinajstić information content (AvgIpc) is 1.99. The van der Waals surface area contributed by atoms with Gasteiger partial charge in [0.15, 0.2) is 0 Å². The van der Waals surface area contributed by atoms with Crippen LogP contribution in [-0.2, 0) is 0 Å². The van der Waals surface area contributed by atoms with E-state index in [0.29, 0.717) is 0 Å². The Morgan fingerprint density at radius 2 is 2.15 bits per heavy atom. The number of rotatable bonds is 2. The van der Waals surface area contributed by atoms with Crippen molar-refractivity contribution in [1.82, 2.24) is 0 Å². The molecule has 13 heavy (non-hydrogen) atoms. The molecular formula is C10H13BBrN. The van der Waals surface area contributed by atoms with Crippen LogP contribution < -0.4 is 10.8 Å². The molecule has 1 aromatic carbocycles. The standard InChI is InChI=1S/C10H13BBrN/c1-6(2)13-10-5-8(11)9(12)4-7(10)3/h4-5,13H,1,11H2,2-3H3. The van der Waals surface area contributed by atoms with Crippen molar-refractivity contribution >= 4 is 34.9 Å². The Labute approximate surface area is 88.8 Å². The second kappa shape index (κ2) is 4.01. The molecular weight excluding hydrogens is 225 g/mol. The summed E-state index contributed by atoms with van der Waals surface area (Å²) in [5, 5.41) is 3.23. The molecule has 0 radical (unpaired) electrons. The summed E-state index contributed by atoms with van der Waals surface area (Å²) in [6.07, 6.45) is 0. The molecule has 0 aliphatic heterocycles. The Morgan fingerprint density at radius 3 is 2.69 bits per heavy atom. The summed E-state index contributed by atoms with van der Waals surface area (Å²) in [6, 6.07) is 4.23. The molecule has 0 atom stereocenters. The quantitative estimate of drug-likeness (QED) is 0.776. The van der Waals surface area contributed by atoms with Crippen LogP contribution in [-0.4, -0.2) is 7.85 Å². The van der Waals surface area contributed by atoms with E-state index in [1.54, 1.807) is 0 Å².